The largest absolute Gasteiger partial charge is 0.369 e. The van der Waals surface area contributed by atoms with Gasteiger partial charge in [-0.15, -0.1) is 23.2 Å². The number of nitrogens with zero attached hydrogens (tertiary/aromatic N) is 3. The number of urea groups is 1. The number of piperazine rings is 1. The molecule has 8 nitrogen and oxygen atoms in total. The second-order valence-electron chi connectivity index (χ2n) is 8.20. The first-order valence-electron chi connectivity index (χ1n) is 11.3. The lowest BCUT2D eigenvalue weighted by Crippen LogP contribution is -2.47. The summed E-state index contributed by atoms with van der Waals surface area (Å²) in [4.78, 5) is 31.4. The summed E-state index contributed by atoms with van der Waals surface area (Å²) in [7, 11) is 2.08. The number of benzene rings is 2. The third-order valence-electron chi connectivity index (χ3n) is 5.57. The summed E-state index contributed by atoms with van der Waals surface area (Å²) in [6.45, 7) is 5.43. The number of amides is 3. The first kappa shape index (κ1) is 26.1. The lowest BCUT2D eigenvalue weighted by atomic mass is 10.2. The van der Waals surface area contributed by atoms with Crippen LogP contribution in [0.2, 0.25) is 0 Å². The molecule has 1 aliphatic heterocycles. The molecular formula is C24H32Cl2N6O2. The molecule has 0 atom stereocenters. The number of hydrogen-bond donors (Lipinski definition) is 3. The lowest BCUT2D eigenvalue weighted by Gasteiger charge is -2.31. The summed E-state index contributed by atoms with van der Waals surface area (Å²) in [6.07, 6.45) is 0. The van der Waals surface area contributed by atoms with Crippen molar-refractivity contribution in [3.8, 4) is 0 Å². The zero-order chi connectivity index (χ0) is 24.3. The second kappa shape index (κ2) is 13.4. The van der Waals surface area contributed by atoms with Gasteiger partial charge in [0.05, 0.1) is 6.54 Å². The Morgan fingerprint density at radius 2 is 1.44 bits per heavy atom. The zero-order valence-corrected chi connectivity index (χ0v) is 20.9. The minimum atomic E-state index is -0.368. The van der Waals surface area contributed by atoms with Crippen molar-refractivity contribution in [1.82, 2.24) is 9.80 Å². The molecule has 1 aliphatic rings. The predicted molar refractivity (Wildman–Crippen MR) is 142 cm³/mol. The number of alkyl halides is 2. The van der Waals surface area contributed by atoms with Crippen LogP contribution in [-0.2, 0) is 4.79 Å². The van der Waals surface area contributed by atoms with E-state index in [2.05, 4.69) is 37.7 Å². The van der Waals surface area contributed by atoms with E-state index in [0.29, 0.717) is 48.5 Å². The summed E-state index contributed by atoms with van der Waals surface area (Å²) in [5.74, 6) is 0.951. The van der Waals surface area contributed by atoms with Gasteiger partial charge in [-0.3, -0.25) is 9.69 Å². The molecule has 34 heavy (non-hydrogen) atoms. The molecule has 0 radical (unpaired) electrons. The van der Waals surface area contributed by atoms with Crippen LogP contribution in [0.3, 0.4) is 0 Å². The van der Waals surface area contributed by atoms with Gasteiger partial charge in [-0.25, -0.2) is 4.79 Å². The Labute approximate surface area is 211 Å². The van der Waals surface area contributed by atoms with Crippen molar-refractivity contribution in [3.63, 3.8) is 0 Å². The molecule has 1 fully saturated rings. The summed E-state index contributed by atoms with van der Waals surface area (Å²) < 4.78 is 0. The number of anilines is 4. The Morgan fingerprint density at radius 1 is 0.853 bits per heavy atom. The summed E-state index contributed by atoms with van der Waals surface area (Å²) in [5, 5.41) is 8.54. The van der Waals surface area contributed by atoms with Gasteiger partial charge in [-0.1, -0.05) is 6.07 Å². The Morgan fingerprint density at radius 3 is 2.06 bits per heavy atom. The molecule has 0 unspecified atom stereocenters. The van der Waals surface area contributed by atoms with Crippen LogP contribution in [0.4, 0.5) is 27.5 Å². The van der Waals surface area contributed by atoms with Crippen molar-refractivity contribution >= 4 is 57.9 Å². The molecule has 3 rings (SSSR count). The lowest BCUT2D eigenvalue weighted by molar-refractivity contribution is -0.117. The Kier molecular flexibility index (Phi) is 10.3. The van der Waals surface area contributed by atoms with E-state index in [4.69, 9.17) is 23.2 Å². The van der Waals surface area contributed by atoms with Crippen LogP contribution in [-0.4, -0.2) is 86.4 Å². The molecule has 2 aromatic rings. The summed E-state index contributed by atoms with van der Waals surface area (Å²) >= 11 is 11.7. The van der Waals surface area contributed by atoms with E-state index in [9.17, 15) is 9.59 Å². The van der Waals surface area contributed by atoms with Gasteiger partial charge in [0.2, 0.25) is 5.91 Å². The van der Waals surface area contributed by atoms with Crippen LogP contribution in [0.15, 0.2) is 48.5 Å². The normalized spacial score (nSPS) is 14.4. The monoisotopic (exact) mass is 506 g/mol. The molecule has 1 saturated heterocycles. The second-order valence-corrected chi connectivity index (χ2v) is 8.96. The number of carbonyl (C=O) groups excluding carboxylic acids is 2. The molecule has 3 amide bonds. The van der Waals surface area contributed by atoms with E-state index in [1.165, 1.54) is 0 Å². The smallest absolute Gasteiger partial charge is 0.323 e. The van der Waals surface area contributed by atoms with Crippen molar-refractivity contribution in [2.24, 2.45) is 0 Å². The molecule has 0 spiro atoms. The Hall–Kier alpha value is -2.52. The van der Waals surface area contributed by atoms with Gasteiger partial charge in [-0.05, 0) is 49.5 Å². The van der Waals surface area contributed by atoms with E-state index in [-0.39, 0.29) is 11.9 Å². The van der Waals surface area contributed by atoms with Crippen molar-refractivity contribution in [1.29, 1.82) is 0 Å². The van der Waals surface area contributed by atoms with Crippen molar-refractivity contribution in [3.05, 3.63) is 48.5 Å². The van der Waals surface area contributed by atoms with E-state index in [1.807, 2.05) is 24.3 Å². The third-order valence-corrected chi connectivity index (χ3v) is 5.90. The van der Waals surface area contributed by atoms with Crippen molar-refractivity contribution in [2.75, 3.05) is 85.5 Å². The van der Waals surface area contributed by atoms with Crippen LogP contribution in [0, 0.1) is 0 Å². The van der Waals surface area contributed by atoms with Crippen LogP contribution in [0.5, 0.6) is 0 Å². The maximum absolute atomic E-state index is 12.5. The Balaban J connectivity index is 1.50. The van der Waals surface area contributed by atoms with Gasteiger partial charge < -0.3 is 25.8 Å². The first-order chi connectivity index (χ1) is 16.5. The van der Waals surface area contributed by atoms with Gasteiger partial charge in [0.15, 0.2) is 0 Å². The van der Waals surface area contributed by atoms with Crippen LogP contribution >= 0.6 is 23.2 Å². The molecule has 0 aliphatic carbocycles. The molecule has 3 N–H and O–H groups in total. The molecule has 0 aromatic heterocycles. The fourth-order valence-electron chi connectivity index (χ4n) is 3.71. The highest BCUT2D eigenvalue weighted by molar-refractivity contribution is 6.18. The highest BCUT2D eigenvalue weighted by Crippen LogP contribution is 2.19. The Bertz CT molecular complexity index is 929. The average Bonchev–Trinajstić information content (AvgIpc) is 2.81. The molecule has 2 aromatic carbocycles. The van der Waals surface area contributed by atoms with E-state index in [1.54, 1.807) is 24.3 Å². The third kappa shape index (κ3) is 8.36. The number of carbonyl (C=O) groups is 2. The highest BCUT2D eigenvalue weighted by atomic mass is 35.5. The molecule has 0 saturated carbocycles. The van der Waals surface area contributed by atoms with Gasteiger partial charge in [0, 0.05) is 73.8 Å². The number of hydrogen-bond acceptors (Lipinski definition) is 5. The van der Waals surface area contributed by atoms with Gasteiger partial charge in [0.25, 0.3) is 0 Å². The molecule has 184 valence electrons. The predicted octanol–water partition coefficient (Wildman–Crippen LogP) is 3.80. The van der Waals surface area contributed by atoms with Crippen LogP contribution < -0.4 is 20.9 Å². The van der Waals surface area contributed by atoms with Gasteiger partial charge in [0.1, 0.15) is 0 Å². The quantitative estimate of drug-likeness (QED) is 0.427. The first-order valence-corrected chi connectivity index (χ1v) is 12.4. The minimum Gasteiger partial charge on any atom is -0.369 e. The fraction of sp³-hybridized carbons (Fsp3) is 0.417. The number of nitrogens with one attached hydrogen (secondary N) is 3. The van der Waals surface area contributed by atoms with Gasteiger partial charge >= 0.3 is 6.03 Å². The molecule has 0 bridgehead atoms. The van der Waals surface area contributed by atoms with E-state index < -0.39 is 0 Å². The fourth-order valence-corrected chi connectivity index (χ4v) is 4.12. The summed E-state index contributed by atoms with van der Waals surface area (Å²) in [5.41, 5.74) is 2.88. The van der Waals surface area contributed by atoms with E-state index in [0.717, 1.165) is 31.9 Å². The number of likely N-dealkylation sites (N-methyl/N-ethyl adjacent to an activating group) is 1. The van der Waals surface area contributed by atoms with Crippen molar-refractivity contribution in [2.45, 2.75) is 0 Å². The summed E-state index contributed by atoms with van der Waals surface area (Å²) in [6, 6.07) is 14.2. The van der Waals surface area contributed by atoms with Gasteiger partial charge in [-0.2, -0.15) is 0 Å². The van der Waals surface area contributed by atoms with E-state index >= 15 is 0 Å². The average molecular weight is 507 g/mol. The van der Waals surface area contributed by atoms with Crippen LogP contribution in [0.1, 0.15) is 0 Å². The molecule has 1 heterocycles. The standard InChI is InChI=1S/C24H32Cl2N6O2/c1-30-13-15-31(16-14-30)18-23(33)27-20-3-2-4-21(17-20)29-24(34)28-19-5-7-22(8-6-19)32(11-9-25)12-10-26/h2-8,17H,9-16,18H2,1H3,(H,27,33)(H2,28,29,34). The maximum Gasteiger partial charge on any atom is 0.323 e. The zero-order valence-electron chi connectivity index (χ0n) is 19.4. The topological polar surface area (TPSA) is 80.0 Å². The maximum atomic E-state index is 12.5. The highest BCUT2D eigenvalue weighted by Gasteiger charge is 2.16. The SMILES string of the molecule is CN1CCN(CC(=O)Nc2cccc(NC(=O)Nc3ccc(N(CCCl)CCCl)cc3)c2)CC1. The molecule has 10 heteroatoms. The number of halogens is 2. The van der Waals surface area contributed by atoms with Crippen LogP contribution in [0.25, 0.3) is 0 Å². The van der Waals surface area contributed by atoms with Crippen molar-refractivity contribution < 1.29 is 9.59 Å². The molecular weight excluding hydrogens is 475 g/mol. The minimum absolute atomic E-state index is 0.0661. The number of rotatable bonds is 10.